The van der Waals surface area contributed by atoms with Crippen LogP contribution in [0.1, 0.15) is 57.4 Å². The van der Waals surface area contributed by atoms with Crippen LogP contribution in [0.2, 0.25) is 0 Å². The van der Waals surface area contributed by atoms with Gasteiger partial charge in [0.2, 0.25) is 0 Å². The van der Waals surface area contributed by atoms with E-state index in [0.29, 0.717) is 19.8 Å². The van der Waals surface area contributed by atoms with E-state index in [-0.39, 0.29) is 12.4 Å². The van der Waals surface area contributed by atoms with E-state index in [4.69, 9.17) is 18.9 Å². The lowest BCUT2D eigenvalue weighted by Crippen LogP contribution is -2.31. The summed E-state index contributed by atoms with van der Waals surface area (Å²) in [4.78, 5) is 0. The summed E-state index contributed by atoms with van der Waals surface area (Å²) < 4.78 is 23.4. The maximum atomic E-state index is 6.04. The van der Waals surface area contributed by atoms with E-state index in [1.54, 1.807) is 0 Å². The zero-order valence-corrected chi connectivity index (χ0v) is 15.7. The number of rotatable bonds is 13. The SMILES string of the molecule is CCCCCCOCC(COC1CCCCO1)OCc1ccccc1. The molecule has 2 rings (SSSR count). The second kappa shape index (κ2) is 13.3. The smallest absolute Gasteiger partial charge is 0.157 e. The Morgan fingerprint density at radius 1 is 1.08 bits per heavy atom. The topological polar surface area (TPSA) is 36.9 Å². The standard InChI is InChI=1S/C21H34O4/c1-2-3-4-9-14-22-17-20(18-25-21-13-8-10-15-23-21)24-16-19-11-6-5-7-12-19/h5-7,11-12,20-21H,2-4,8-10,13-18H2,1H3. The summed E-state index contributed by atoms with van der Waals surface area (Å²) in [5.41, 5.74) is 1.17. The Hall–Kier alpha value is -0.940. The Labute approximate surface area is 152 Å². The summed E-state index contributed by atoms with van der Waals surface area (Å²) in [5.74, 6) is 0. The molecule has 0 N–H and O–H groups in total. The van der Waals surface area contributed by atoms with Gasteiger partial charge in [-0.25, -0.2) is 0 Å². The van der Waals surface area contributed by atoms with Gasteiger partial charge in [0, 0.05) is 13.2 Å². The van der Waals surface area contributed by atoms with Crippen molar-refractivity contribution in [2.24, 2.45) is 0 Å². The molecule has 0 spiro atoms. The molecule has 0 aromatic heterocycles. The summed E-state index contributed by atoms with van der Waals surface area (Å²) >= 11 is 0. The van der Waals surface area contributed by atoms with E-state index < -0.39 is 0 Å². The predicted molar refractivity (Wildman–Crippen MR) is 99.5 cm³/mol. The molecule has 2 unspecified atom stereocenters. The van der Waals surface area contributed by atoms with E-state index in [0.717, 1.165) is 32.5 Å². The van der Waals surface area contributed by atoms with Crippen LogP contribution in [0.5, 0.6) is 0 Å². The lowest BCUT2D eigenvalue weighted by molar-refractivity contribution is -0.186. The van der Waals surface area contributed by atoms with Crippen molar-refractivity contribution in [2.75, 3.05) is 26.4 Å². The third-order valence-corrected chi connectivity index (χ3v) is 4.38. The van der Waals surface area contributed by atoms with Crippen LogP contribution in [0.3, 0.4) is 0 Å². The van der Waals surface area contributed by atoms with Crippen molar-refractivity contribution in [1.29, 1.82) is 0 Å². The molecule has 0 radical (unpaired) electrons. The summed E-state index contributed by atoms with van der Waals surface area (Å²) in [6, 6.07) is 10.2. The first-order valence-corrected chi connectivity index (χ1v) is 9.85. The second-order valence-electron chi connectivity index (χ2n) is 6.68. The summed E-state index contributed by atoms with van der Waals surface area (Å²) in [6.45, 7) is 5.50. The highest BCUT2D eigenvalue weighted by Gasteiger charge is 2.18. The fourth-order valence-corrected chi connectivity index (χ4v) is 2.84. The van der Waals surface area contributed by atoms with Gasteiger partial charge in [-0.1, -0.05) is 56.5 Å². The van der Waals surface area contributed by atoms with Gasteiger partial charge in [-0.15, -0.1) is 0 Å². The normalized spacial score (nSPS) is 19.0. The third kappa shape index (κ3) is 9.36. The lowest BCUT2D eigenvalue weighted by Gasteiger charge is -2.25. The molecule has 1 aliphatic heterocycles. The molecule has 1 fully saturated rings. The largest absolute Gasteiger partial charge is 0.379 e. The average Bonchev–Trinajstić information content (AvgIpc) is 2.67. The van der Waals surface area contributed by atoms with Crippen LogP contribution in [-0.2, 0) is 25.6 Å². The van der Waals surface area contributed by atoms with Crippen LogP contribution < -0.4 is 0 Å². The van der Waals surface area contributed by atoms with Crippen molar-refractivity contribution in [3.05, 3.63) is 35.9 Å². The molecule has 1 aliphatic rings. The number of unbranched alkanes of at least 4 members (excludes halogenated alkanes) is 3. The van der Waals surface area contributed by atoms with Crippen molar-refractivity contribution in [1.82, 2.24) is 0 Å². The van der Waals surface area contributed by atoms with Crippen LogP contribution >= 0.6 is 0 Å². The number of ether oxygens (including phenoxy) is 4. The first-order chi connectivity index (χ1) is 12.4. The molecule has 0 saturated carbocycles. The van der Waals surface area contributed by atoms with E-state index in [9.17, 15) is 0 Å². The maximum absolute atomic E-state index is 6.04. The molecule has 0 amide bonds. The maximum Gasteiger partial charge on any atom is 0.157 e. The molecule has 25 heavy (non-hydrogen) atoms. The fraction of sp³-hybridized carbons (Fsp3) is 0.714. The molecule has 0 bridgehead atoms. The predicted octanol–water partition coefficient (Wildman–Crippen LogP) is 4.71. The van der Waals surface area contributed by atoms with E-state index in [1.165, 1.54) is 31.2 Å². The Morgan fingerprint density at radius 3 is 2.72 bits per heavy atom. The van der Waals surface area contributed by atoms with Crippen molar-refractivity contribution in [3.63, 3.8) is 0 Å². The van der Waals surface area contributed by atoms with Crippen molar-refractivity contribution >= 4 is 0 Å². The zero-order chi connectivity index (χ0) is 17.6. The van der Waals surface area contributed by atoms with Crippen LogP contribution in [0.15, 0.2) is 30.3 Å². The van der Waals surface area contributed by atoms with Gasteiger partial charge < -0.3 is 18.9 Å². The number of benzene rings is 1. The van der Waals surface area contributed by atoms with Crippen molar-refractivity contribution in [3.8, 4) is 0 Å². The first kappa shape index (κ1) is 20.4. The van der Waals surface area contributed by atoms with Crippen LogP contribution in [-0.4, -0.2) is 38.8 Å². The van der Waals surface area contributed by atoms with Gasteiger partial charge in [0.25, 0.3) is 0 Å². The van der Waals surface area contributed by atoms with Crippen molar-refractivity contribution in [2.45, 2.75) is 70.9 Å². The van der Waals surface area contributed by atoms with Gasteiger partial charge >= 0.3 is 0 Å². The molecule has 0 aliphatic carbocycles. The van der Waals surface area contributed by atoms with Gasteiger partial charge in [0.05, 0.1) is 19.8 Å². The number of hydrogen-bond acceptors (Lipinski definition) is 4. The Bertz CT molecular complexity index is 417. The number of hydrogen-bond donors (Lipinski definition) is 0. The van der Waals surface area contributed by atoms with Gasteiger partial charge in [-0.3, -0.25) is 0 Å². The quantitative estimate of drug-likeness (QED) is 0.483. The molecule has 1 aromatic rings. The monoisotopic (exact) mass is 350 g/mol. The summed E-state index contributed by atoms with van der Waals surface area (Å²) in [5, 5.41) is 0. The van der Waals surface area contributed by atoms with Crippen LogP contribution in [0.25, 0.3) is 0 Å². The van der Waals surface area contributed by atoms with E-state index in [1.807, 2.05) is 18.2 Å². The Morgan fingerprint density at radius 2 is 1.96 bits per heavy atom. The second-order valence-corrected chi connectivity index (χ2v) is 6.68. The van der Waals surface area contributed by atoms with Gasteiger partial charge in [-0.2, -0.15) is 0 Å². The van der Waals surface area contributed by atoms with E-state index in [2.05, 4.69) is 19.1 Å². The minimum Gasteiger partial charge on any atom is -0.379 e. The van der Waals surface area contributed by atoms with E-state index >= 15 is 0 Å². The molecule has 4 nitrogen and oxygen atoms in total. The van der Waals surface area contributed by atoms with Crippen LogP contribution in [0, 0.1) is 0 Å². The fourth-order valence-electron chi connectivity index (χ4n) is 2.84. The molecular formula is C21H34O4. The highest BCUT2D eigenvalue weighted by Crippen LogP contribution is 2.15. The Kier molecular flexibility index (Phi) is 10.8. The average molecular weight is 350 g/mol. The molecular weight excluding hydrogens is 316 g/mol. The van der Waals surface area contributed by atoms with Gasteiger partial charge in [0.1, 0.15) is 6.10 Å². The molecule has 142 valence electrons. The molecule has 1 aromatic carbocycles. The molecule has 4 heteroatoms. The van der Waals surface area contributed by atoms with Crippen LogP contribution in [0.4, 0.5) is 0 Å². The molecule has 1 heterocycles. The lowest BCUT2D eigenvalue weighted by atomic mass is 10.2. The summed E-state index contributed by atoms with van der Waals surface area (Å²) in [6.07, 6.45) is 8.02. The zero-order valence-electron chi connectivity index (χ0n) is 15.7. The first-order valence-electron chi connectivity index (χ1n) is 9.85. The molecule has 1 saturated heterocycles. The highest BCUT2D eigenvalue weighted by atomic mass is 16.7. The minimum atomic E-state index is -0.0823. The third-order valence-electron chi connectivity index (χ3n) is 4.38. The minimum absolute atomic E-state index is 0.0584. The van der Waals surface area contributed by atoms with Gasteiger partial charge in [-0.05, 0) is 31.2 Å². The summed E-state index contributed by atoms with van der Waals surface area (Å²) in [7, 11) is 0. The van der Waals surface area contributed by atoms with Crippen molar-refractivity contribution < 1.29 is 18.9 Å². The highest BCUT2D eigenvalue weighted by molar-refractivity contribution is 5.13. The van der Waals surface area contributed by atoms with Gasteiger partial charge in [0.15, 0.2) is 6.29 Å². The molecule has 2 atom stereocenters. The Balaban J connectivity index is 1.69.